The molecule has 22 heavy (non-hydrogen) atoms. The SMILES string of the molecule is CCCC(=O)Nc1ccc(N2CCCc3ccccc32)cc1. The third-order valence-electron chi connectivity index (χ3n) is 4.05. The summed E-state index contributed by atoms with van der Waals surface area (Å²) in [5.41, 5.74) is 4.76. The van der Waals surface area contributed by atoms with Gasteiger partial charge in [-0.2, -0.15) is 0 Å². The van der Waals surface area contributed by atoms with E-state index in [1.807, 2.05) is 19.1 Å². The highest BCUT2D eigenvalue weighted by Gasteiger charge is 2.17. The van der Waals surface area contributed by atoms with Crippen molar-refractivity contribution in [3.8, 4) is 0 Å². The second-order valence-corrected chi connectivity index (χ2v) is 5.73. The molecule has 1 amide bonds. The Bertz CT molecular complexity index is 649. The van der Waals surface area contributed by atoms with Gasteiger partial charge in [-0.1, -0.05) is 25.1 Å². The van der Waals surface area contributed by atoms with Gasteiger partial charge in [0, 0.05) is 30.0 Å². The zero-order valence-electron chi connectivity index (χ0n) is 13.0. The molecule has 0 aromatic heterocycles. The van der Waals surface area contributed by atoms with Crippen molar-refractivity contribution in [1.29, 1.82) is 0 Å². The normalized spacial score (nSPS) is 13.6. The number of carbonyl (C=O) groups excluding carboxylic acids is 1. The average Bonchev–Trinajstić information content (AvgIpc) is 2.55. The fraction of sp³-hybridized carbons (Fsp3) is 0.316. The van der Waals surface area contributed by atoms with E-state index in [0.29, 0.717) is 6.42 Å². The molecule has 0 bridgehead atoms. The van der Waals surface area contributed by atoms with Crippen molar-refractivity contribution in [1.82, 2.24) is 0 Å². The van der Waals surface area contributed by atoms with Crippen LogP contribution in [0.25, 0.3) is 0 Å². The first-order valence-electron chi connectivity index (χ1n) is 8.03. The molecule has 3 nitrogen and oxygen atoms in total. The molecule has 0 spiro atoms. The van der Waals surface area contributed by atoms with Gasteiger partial charge < -0.3 is 10.2 Å². The van der Waals surface area contributed by atoms with Gasteiger partial charge in [0.05, 0.1) is 0 Å². The first kappa shape index (κ1) is 14.6. The van der Waals surface area contributed by atoms with Crippen molar-refractivity contribution in [2.75, 3.05) is 16.8 Å². The molecule has 0 aliphatic carbocycles. The van der Waals surface area contributed by atoms with Crippen molar-refractivity contribution in [2.24, 2.45) is 0 Å². The number of rotatable bonds is 4. The van der Waals surface area contributed by atoms with Crippen LogP contribution in [0, 0.1) is 0 Å². The Labute approximate surface area is 132 Å². The number of aryl methyl sites for hydroxylation is 1. The zero-order chi connectivity index (χ0) is 15.4. The largest absolute Gasteiger partial charge is 0.341 e. The second kappa shape index (κ2) is 6.65. The highest BCUT2D eigenvalue weighted by atomic mass is 16.1. The van der Waals surface area contributed by atoms with Gasteiger partial charge in [0.25, 0.3) is 0 Å². The molecule has 3 rings (SSSR count). The molecule has 2 aromatic carbocycles. The Hall–Kier alpha value is -2.29. The summed E-state index contributed by atoms with van der Waals surface area (Å²) in [6, 6.07) is 16.7. The Morgan fingerprint density at radius 1 is 1.14 bits per heavy atom. The maximum absolute atomic E-state index is 11.6. The highest BCUT2D eigenvalue weighted by Crippen LogP contribution is 2.33. The first-order chi connectivity index (χ1) is 10.8. The van der Waals surface area contributed by atoms with Crippen molar-refractivity contribution < 1.29 is 4.79 Å². The number of nitrogens with zero attached hydrogens (tertiary/aromatic N) is 1. The molecule has 0 fully saturated rings. The molecule has 0 saturated heterocycles. The molecular weight excluding hydrogens is 272 g/mol. The lowest BCUT2D eigenvalue weighted by Gasteiger charge is -2.31. The van der Waals surface area contributed by atoms with E-state index < -0.39 is 0 Å². The van der Waals surface area contributed by atoms with Crippen molar-refractivity contribution in [3.63, 3.8) is 0 Å². The smallest absolute Gasteiger partial charge is 0.224 e. The summed E-state index contributed by atoms with van der Waals surface area (Å²) in [7, 11) is 0. The average molecular weight is 294 g/mol. The number of nitrogens with one attached hydrogen (secondary N) is 1. The summed E-state index contributed by atoms with van der Waals surface area (Å²) in [5, 5.41) is 2.93. The number of hydrogen-bond acceptors (Lipinski definition) is 2. The van der Waals surface area contributed by atoms with Crippen LogP contribution in [0.1, 0.15) is 31.7 Å². The Kier molecular flexibility index (Phi) is 4.42. The summed E-state index contributed by atoms with van der Waals surface area (Å²) in [4.78, 5) is 14.0. The molecule has 3 heteroatoms. The molecular formula is C19H22N2O. The van der Waals surface area contributed by atoms with E-state index in [-0.39, 0.29) is 5.91 Å². The number of fused-ring (bicyclic) bond motifs is 1. The van der Waals surface area contributed by atoms with Crippen molar-refractivity contribution in [3.05, 3.63) is 54.1 Å². The number of benzene rings is 2. The minimum Gasteiger partial charge on any atom is -0.341 e. The lowest BCUT2D eigenvalue weighted by molar-refractivity contribution is -0.116. The van der Waals surface area contributed by atoms with Crippen LogP contribution in [0.15, 0.2) is 48.5 Å². The van der Waals surface area contributed by atoms with Crippen molar-refractivity contribution in [2.45, 2.75) is 32.6 Å². The lowest BCUT2D eigenvalue weighted by Crippen LogP contribution is -2.24. The maximum atomic E-state index is 11.6. The Balaban J connectivity index is 1.78. The molecule has 1 N–H and O–H groups in total. The van der Waals surface area contributed by atoms with Crippen molar-refractivity contribution >= 4 is 23.0 Å². The molecule has 0 unspecified atom stereocenters. The minimum atomic E-state index is 0.0820. The quantitative estimate of drug-likeness (QED) is 0.899. The summed E-state index contributed by atoms with van der Waals surface area (Å²) in [5.74, 6) is 0.0820. The van der Waals surface area contributed by atoms with Crippen LogP contribution in [0.2, 0.25) is 0 Å². The van der Waals surface area contributed by atoms with E-state index in [9.17, 15) is 4.79 Å². The summed E-state index contributed by atoms with van der Waals surface area (Å²) in [6.45, 7) is 3.05. The first-order valence-corrected chi connectivity index (χ1v) is 8.03. The minimum absolute atomic E-state index is 0.0820. The van der Waals surface area contributed by atoms with Gasteiger partial charge in [-0.05, 0) is 55.2 Å². The van der Waals surface area contributed by atoms with Crippen LogP contribution in [-0.2, 0) is 11.2 Å². The monoisotopic (exact) mass is 294 g/mol. The topological polar surface area (TPSA) is 32.3 Å². The summed E-state index contributed by atoms with van der Waals surface area (Å²) < 4.78 is 0. The van der Waals surface area contributed by atoms with Crippen LogP contribution in [-0.4, -0.2) is 12.5 Å². The number of amides is 1. The summed E-state index contributed by atoms with van der Waals surface area (Å²) >= 11 is 0. The van der Waals surface area contributed by atoms with Gasteiger partial charge in [-0.15, -0.1) is 0 Å². The van der Waals surface area contributed by atoms with Gasteiger partial charge >= 0.3 is 0 Å². The summed E-state index contributed by atoms with van der Waals surface area (Å²) in [6.07, 6.45) is 3.76. The van der Waals surface area contributed by atoms with E-state index in [2.05, 4.69) is 46.6 Å². The van der Waals surface area contributed by atoms with Crippen LogP contribution >= 0.6 is 0 Å². The molecule has 2 aromatic rings. The van der Waals surface area contributed by atoms with Gasteiger partial charge in [0.15, 0.2) is 0 Å². The molecule has 0 saturated carbocycles. The fourth-order valence-corrected chi connectivity index (χ4v) is 2.98. The van der Waals surface area contributed by atoms with E-state index >= 15 is 0 Å². The van der Waals surface area contributed by atoms with Gasteiger partial charge in [0.2, 0.25) is 5.91 Å². The molecule has 0 radical (unpaired) electrons. The van der Waals surface area contributed by atoms with Gasteiger partial charge in [0.1, 0.15) is 0 Å². The third kappa shape index (κ3) is 3.14. The Morgan fingerprint density at radius 3 is 2.68 bits per heavy atom. The number of anilines is 3. The predicted molar refractivity (Wildman–Crippen MR) is 91.7 cm³/mol. The second-order valence-electron chi connectivity index (χ2n) is 5.73. The maximum Gasteiger partial charge on any atom is 0.224 e. The fourth-order valence-electron chi connectivity index (χ4n) is 2.98. The predicted octanol–water partition coefficient (Wildman–Crippen LogP) is 4.51. The number of hydrogen-bond donors (Lipinski definition) is 1. The standard InChI is InChI=1S/C19H22N2O/c1-2-6-19(22)20-16-10-12-17(13-11-16)21-14-5-8-15-7-3-4-9-18(15)21/h3-4,7,9-13H,2,5-6,8,14H2,1H3,(H,20,22). The van der Waals surface area contributed by atoms with E-state index in [1.165, 1.54) is 23.4 Å². The lowest BCUT2D eigenvalue weighted by atomic mass is 10.0. The van der Waals surface area contributed by atoms with Gasteiger partial charge in [-0.25, -0.2) is 0 Å². The molecule has 0 atom stereocenters. The Morgan fingerprint density at radius 2 is 1.91 bits per heavy atom. The van der Waals surface area contributed by atoms with Crippen LogP contribution in [0.4, 0.5) is 17.1 Å². The highest BCUT2D eigenvalue weighted by molar-refractivity contribution is 5.90. The molecule has 1 heterocycles. The number of para-hydroxylation sites is 1. The number of carbonyl (C=O) groups is 1. The van der Waals surface area contributed by atoms with E-state index in [0.717, 1.165) is 25.1 Å². The molecule has 114 valence electrons. The molecule has 1 aliphatic rings. The van der Waals surface area contributed by atoms with Crippen LogP contribution < -0.4 is 10.2 Å². The van der Waals surface area contributed by atoms with E-state index in [1.54, 1.807) is 0 Å². The third-order valence-corrected chi connectivity index (χ3v) is 4.05. The van der Waals surface area contributed by atoms with Crippen LogP contribution in [0.3, 0.4) is 0 Å². The zero-order valence-corrected chi connectivity index (χ0v) is 13.0. The van der Waals surface area contributed by atoms with Crippen LogP contribution in [0.5, 0.6) is 0 Å². The molecule has 1 aliphatic heterocycles. The van der Waals surface area contributed by atoms with E-state index in [4.69, 9.17) is 0 Å². The van der Waals surface area contributed by atoms with Gasteiger partial charge in [-0.3, -0.25) is 4.79 Å².